The van der Waals surface area contributed by atoms with Crippen LogP contribution in [-0.2, 0) is 19.1 Å². The lowest BCUT2D eigenvalue weighted by molar-refractivity contribution is -0.141. The number of dihydropyridines is 1. The molecule has 19 heavy (non-hydrogen) atoms. The molecule has 0 aromatic heterocycles. The predicted molar refractivity (Wildman–Crippen MR) is 65.1 cm³/mol. The number of hydrogen-bond acceptors (Lipinski definition) is 6. The minimum absolute atomic E-state index is 0.0292. The third-order valence-corrected chi connectivity index (χ3v) is 3.04. The van der Waals surface area contributed by atoms with E-state index in [2.05, 4.69) is 5.32 Å². The maximum Gasteiger partial charge on any atom is 0.302 e. The van der Waals surface area contributed by atoms with E-state index in [1.165, 1.54) is 19.9 Å². The average molecular weight is 263 g/mol. The van der Waals surface area contributed by atoms with E-state index in [1.807, 2.05) is 0 Å². The van der Waals surface area contributed by atoms with Gasteiger partial charge in [0.15, 0.2) is 0 Å². The van der Waals surface area contributed by atoms with Crippen molar-refractivity contribution in [3.63, 3.8) is 0 Å². The summed E-state index contributed by atoms with van der Waals surface area (Å²) in [5, 5.41) is 12.8. The fourth-order valence-electron chi connectivity index (χ4n) is 2.03. The molecular formula is C13H13NO5. The largest absolute Gasteiger partial charge is 0.507 e. The molecule has 0 fully saturated rings. The number of aliphatic hydroxyl groups is 1. The van der Waals surface area contributed by atoms with E-state index in [1.54, 1.807) is 6.20 Å². The second kappa shape index (κ2) is 4.72. The maximum atomic E-state index is 12.0. The number of ether oxygens (including phenoxy) is 1. The van der Waals surface area contributed by atoms with Crippen LogP contribution in [0.5, 0.6) is 0 Å². The molecule has 0 saturated carbocycles. The molecule has 2 N–H and O–H groups in total. The van der Waals surface area contributed by atoms with Gasteiger partial charge in [0.2, 0.25) is 11.6 Å². The van der Waals surface area contributed by atoms with Gasteiger partial charge in [0.1, 0.15) is 12.4 Å². The third kappa shape index (κ3) is 2.16. The lowest BCUT2D eigenvalue weighted by atomic mass is 9.84. The van der Waals surface area contributed by atoms with Crippen LogP contribution in [0.2, 0.25) is 0 Å². The molecule has 2 aliphatic rings. The van der Waals surface area contributed by atoms with Crippen LogP contribution in [0.1, 0.15) is 13.8 Å². The molecule has 0 spiro atoms. The summed E-state index contributed by atoms with van der Waals surface area (Å²) >= 11 is 0. The van der Waals surface area contributed by atoms with Crippen molar-refractivity contribution in [2.24, 2.45) is 0 Å². The summed E-state index contributed by atoms with van der Waals surface area (Å²) < 4.78 is 4.85. The quantitative estimate of drug-likeness (QED) is 0.423. The lowest BCUT2D eigenvalue weighted by Crippen LogP contribution is -2.42. The Hall–Kier alpha value is -2.37. The summed E-state index contributed by atoms with van der Waals surface area (Å²) in [4.78, 5) is 34.5. The van der Waals surface area contributed by atoms with E-state index in [0.717, 1.165) is 0 Å². The number of aliphatic hydroxyl groups excluding tert-OH is 1. The zero-order chi connectivity index (χ0) is 14.2. The van der Waals surface area contributed by atoms with Crippen LogP contribution in [0.15, 0.2) is 34.8 Å². The van der Waals surface area contributed by atoms with Crippen LogP contribution >= 0.6 is 0 Å². The molecule has 0 radical (unpaired) electrons. The van der Waals surface area contributed by atoms with Gasteiger partial charge in [-0.3, -0.25) is 14.4 Å². The van der Waals surface area contributed by atoms with E-state index in [9.17, 15) is 19.5 Å². The normalized spacial score (nSPS) is 22.3. The van der Waals surface area contributed by atoms with Crippen molar-refractivity contribution in [2.75, 3.05) is 6.61 Å². The first-order chi connectivity index (χ1) is 8.93. The van der Waals surface area contributed by atoms with Gasteiger partial charge in [0, 0.05) is 23.6 Å². The highest BCUT2D eigenvalue weighted by Crippen LogP contribution is 2.29. The van der Waals surface area contributed by atoms with E-state index in [-0.39, 0.29) is 23.5 Å². The summed E-state index contributed by atoms with van der Waals surface area (Å²) in [6.45, 7) is 2.57. The molecule has 0 amide bonds. The molecule has 100 valence electrons. The van der Waals surface area contributed by atoms with Gasteiger partial charge in [-0.2, -0.15) is 0 Å². The summed E-state index contributed by atoms with van der Waals surface area (Å²) in [5.41, 5.74) is 0.469. The molecule has 0 saturated heterocycles. The van der Waals surface area contributed by atoms with E-state index in [4.69, 9.17) is 4.74 Å². The number of esters is 1. The van der Waals surface area contributed by atoms with Gasteiger partial charge in [-0.1, -0.05) is 0 Å². The van der Waals surface area contributed by atoms with Crippen LogP contribution in [0.4, 0.5) is 0 Å². The average Bonchev–Trinajstić information content (AvgIpc) is 2.39. The van der Waals surface area contributed by atoms with Crippen LogP contribution in [0.25, 0.3) is 0 Å². The minimum Gasteiger partial charge on any atom is -0.507 e. The zero-order valence-corrected chi connectivity index (χ0v) is 10.5. The number of allylic oxidation sites excluding steroid dienone is 2. The summed E-state index contributed by atoms with van der Waals surface area (Å²) in [6.07, 6.45) is 3.06. The predicted octanol–water partition coefficient (Wildman–Crippen LogP) is 0.315. The Labute approximate surface area is 109 Å². The highest BCUT2D eigenvalue weighted by Gasteiger charge is 2.37. The first kappa shape index (κ1) is 13.1. The second-order valence-corrected chi connectivity index (χ2v) is 4.31. The molecule has 1 unspecified atom stereocenters. The number of carbonyl (C=O) groups excluding carboxylic acids is 3. The van der Waals surface area contributed by atoms with Crippen LogP contribution in [0, 0.1) is 0 Å². The molecule has 1 aliphatic carbocycles. The Bertz CT molecular complexity index is 568. The van der Waals surface area contributed by atoms with Crippen molar-refractivity contribution < 1.29 is 24.2 Å². The molecule has 6 heteroatoms. The highest BCUT2D eigenvalue weighted by molar-refractivity contribution is 6.50. The maximum absolute atomic E-state index is 12.0. The third-order valence-electron chi connectivity index (χ3n) is 3.04. The van der Waals surface area contributed by atoms with Crippen molar-refractivity contribution >= 4 is 17.5 Å². The molecule has 0 aromatic rings. The summed E-state index contributed by atoms with van der Waals surface area (Å²) in [7, 11) is 0. The van der Waals surface area contributed by atoms with Crippen LogP contribution in [0.3, 0.4) is 0 Å². The Balaban J connectivity index is 2.40. The topological polar surface area (TPSA) is 92.7 Å². The minimum atomic E-state index is -0.735. The Morgan fingerprint density at radius 2 is 2.11 bits per heavy atom. The molecule has 6 nitrogen and oxygen atoms in total. The Kier molecular flexibility index (Phi) is 3.25. The lowest BCUT2D eigenvalue weighted by Gasteiger charge is -2.27. The van der Waals surface area contributed by atoms with Crippen molar-refractivity contribution in [1.82, 2.24) is 5.32 Å². The van der Waals surface area contributed by atoms with Gasteiger partial charge in [-0.05, 0) is 19.2 Å². The first-order valence-electron chi connectivity index (χ1n) is 5.73. The van der Waals surface area contributed by atoms with Gasteiger partial charge in [0.05, 0.1) is 6.04 Å². The molecule has 0 bridgehead atoms. The van der Waals surface area contributed by atoms with Crippen LogP contribution < -0.4 is 5.32 Å². The fraction of sp³-hybridized carbons (Fsp3) is 0.308. The van der Waals surface area contributed by atoms with Gasteiger partial charge >= 0.3 is 5.97 Å². The molecule has 1 atom stereocenters. The van der Waals surface area contributed by atoms with Crippen LogP contribution in [-0.4, -0.2) is 35.3 Å². The summed E-state index contributed by atoms with van der Waals surface area (Å²) in [6, 6.07) is -0.629. The second-order valence-electron chi connectivity index (χ2n) is 4.31. The Morgan fingerprint density at radius 1 is 1.42 bits per heavy atom. The molecule has 0 aromatic carbocycles. The number of nitrogens with one attached hydrogen (secondary N) is 1. The number of rotatable bonds is 2. The fourth-order valence-corrected chi connectivity index (χ4v) is 2.03. The number of hydrogen-bond donors (Lipinski definition) is 2. The van der Waals surface area contributed by atoms with Crippen molar-refractivity contribution in [2.45, 2.75) is 19.9 Å². The molecule has 1 aliphatic heterocycles. The zero-order valence-electron chi connectivity index (χ0n) is 10.5. The van der Waals surface area contributed by atoms with Crippen molar-refractivity contribution in [3.05, 3.63) is 34.8 Å². The van der Waals surface area contributed by atoms with Gasteiger partial charge in [-0.25, -0.2) is 0 Å². The van der Waals surface area contributed by atoms with Crippen molar-refractivity contribution in [3.8, 4) is 0 Å². The first-order valence-corrected chi connectivity index (χ1v) is 5.73. The highest BCUT2D eigenvalue weighted by atomic mass is 16.5. The number of Topliss-reactive ketones (excluding diaryl/α,β-unsaturated/α-hetero) is 2. The molecular weight excluding hydrogens is 250 g/mol. The SMILES string of the molecule is CC(=O)OCC1NC=CC2=C1C(=O)C(=O)C(C)=C2O. The van der Waals surface area contributed by atoms with E-state index in [0.29, 0.717) is 5.57 Å². The molecule has 1 heterocycles. The Morgan fingerprint density at radius 3 is 2.74 bits per heavy atom. The van der Waals surface area contributed by atoms with E-state index < -0.39 is 23.6 Å². The number of ketones is 2. The summed E-state index contributed by atoms with van der Waals surface area (Å²) in [5.74, 6) is -2.10. The van der Waals surface area contributed by atoms with Gasteiger partial charge < -0.3 is 15.2 Å². The van der Waals surface area contributed by atoms with Crippen molar-refractivity contribution in [1.29, 1.82) is 0 Å². The smallest absolute Gasteiger partial charge is 0.302 e. The molecule has 2 rings (SSSR count). The van der Waals surface area contributed by atoms with Gasteiger partial charge in [0.25, 0.3) is 0 Å². The standard InChI is InChI=1S/C13H13NO5/c1-6-11(16)8-3-4-14-9(5-19-7(2)15)10(8)13(18)12(6)17/h3-4,9,14,16H,5H2,1-2H3. The van der Waals surface area contributed by atoms with Gasteiger partial charge in [-0.15, -0.1) is 0 Å². The number of carbonyl (C=O) groups is 3. The van der Waals surface area contributed by atoms with E-state index >= 15 is 0 Å². The monoisotopic (exact) mass is 263 g/mol.